The Balaban J connectivity index is 2.41. The van der Waals surface area contributed by atoms with Crippen molar-refractivity contribution in [1.82, 2.24) is 10.2 Å². The van der Waals surface area contributed by atoms with Gasteiger partial charge in [0.05, 0.1) is 12.3 Å². The Hall–Kier alpha value is -1.61. The Labute approximate surface area is 82.4 Å². The van der Waals surface area contributed by atoms with Gasteiger partial charge >= 0.3 is 0 Å². The van der Waals surface area contributed by atoms with Gasteiger partial charge in [0.2, 0.25) is 0 Å². The first-order valence-electron chi connectivity index (χ1n) is 4.52. The van der Waals surface area contributed by atoms with Crippen LogP contribution in [0.25, 0.3) is 11.3 Å². The molecule has 3 heteroatoms. The number of nitrogens with one attached hydrogen (secondary N) is 1. The van der Waals surface area contributed by atoms with Crippen molar-refractivity contribution in [2.75, 3.05) is 0 Å². The Kier molecular flexibility index (Phi) is 2.33. The second-order valence-electron chi connectivity index (χ2n) is 3.29. The molecule has 0 atom stereocenters. The molecule has 0 spiro atoms. The van der Waals surface area contributed by atoms with Crippen molar-refractivity contribution in [3.05, 3.63) is 41.6 Å². The highest BCUT2D eigenvalue weighted by atomic mass is 16.3. The van der Waals surface area contributed by atoms with Crippen LogP contribution in [-0.4, -0.2) is 15.3 Å². The molecule has 2 N–H and O–H groups in total. The molecule has 0 radical (unpaired) electrons. The molecule has 0 fully saturated rings. The summed E-state index contributed by atoms with van der Waals surface area (Å²) in [4.78, 5) is 0. The van der Waals surface area contributed by atoms with Gasteiger partial charge in [-0.2, -0.15) is 5.10 Å². The second kappa shape index (κ2) is 3.64. The van der Waals surface area contributed by atoms with Crippen LogP contribution in [0.1, 0.15) is 11.3 Å². The number of aryl methyl sites for hydroxylation is 1. The lowest BCUT2D eigenvalue weighted by molar-refractivity contribution is 0.282. The highest BCUT2D eigenvalue weighted by Gasteiger charge is 2.01. The number of H-pyrrole nitrogens is 1. The van der Waals surface area contributed by atoms with E-state index in [2.05, 4.69) is 10.2 Å². The molecular formula is C11H12N2O. The fourth-order valence-corrected chi connectivity index (χ4v) is 1.39. The van der Waals surface area contributed by atoms with Crippen LogP contribution in [0.15, 0.2) is 30.3 Å². The molecule has 72 valence electrons. The van der Waals surface area contributed by atoms with Crippen molar-refractivity contribution >= 4 is 0 Å². The topological polar surface area (TPSA) is 48.9 Å². The number of benzene rings is 1. The van der Waals surface area contributed by atoms with Gasteiger partial charge in [0.15, 0.2) is 0 Å². The zero-order valence-electron chi connectivity index (χ0n) is 7.99. The number of aromatic amines is 1. The maximum Gasteiger partial charge on any atom is 0.0923 e. The Morgan fingerprint density at radius 1 is 1.36 bits per heavy atom. The van der Waals surface area contributed by atoms with Crippen molar-refractivity contribution in [3.63, 3.8) is 0 Å². The highest BCUT2D eigenvalue weighted by Crippen LogP contribution is 2.18. The molecule has 0 bridgehead atoms. The maximum atomic E-state index is 8.99. The van der Waals surface area contributed by atoms with E-state index in [1.165, 1.54) is 0 Å². The maximum absolute atomic E-state index is 8.99. The molecule has 0 aliphatic heterocycles. The normalized spacial score (nSPS) is 10.4. The molecule has 1 heterocycles. The summed E-state index contributed by atoms with van der Waals surface area (Å²) in [5.41, 5.74) is 3.89. The summed E-state index contributed by atoms with van der Waals surface area (Å²) in [6.45, 7) is 2.03. The van der Waals surface area contributed by atoms with Crippen LogP contribution < -0.4 is 0 Å². The summed E-state index contributed by atoms with van der Waals surface area (Å²) in [6, 6.07) is 9.72. The number of aromatic nitrogens is 2. The summed E-state index contributed by atoms with van der Waals surface area (Å²) in [5.74, 6) is 0. The molecule has 0 saturated heterocycles. The van der Waals surface area contributed by atoms with Crippen LogP contribution in [0.3, 0.4) is 0 Å². The van der Waals surface area contributed by atoms with Crippen LogP contribution in [0.5, 0.6) is 0 Å². The molecule has 0 unspecified atom stereocenters. The summed E-state index contributed by atoms with van der Waals surface area (Å²) in [7, 11) is 0. The number of aliphatic hydroxyl groups excluding tert-OH is 1. The predicted octanol–water partition coefficient (Wildman–Crippen LogP) is 1.88. The van der Waals surface area contributed by atoms with E-state index in [4.69, 9.17) is 5.11 Å². The first-order valence-corrected chi connectivity index (χ1v) is 4.52. The molecule has 3 nitrogen and oxygen atoms in total. The van der Waals surface area contributed by atoms with Crippen LogP contribution >= 0.6 is 0 Å². The van der Waals surface area contributed by atoms with Gasteiger partial charge < -0.3 is 5.11 Å². The lowest BCUT2D eigenvalue weighted by Gasteiger charge is -1.99. The lowest BCUT2D eigenvalue weighted by atomic mass is 10.1. The van der Waals surface area contributed by atoms with Gasteiger partial charge in [0, 0.05) is 11.3 Å². The van der Waals surface area contributed by atoms with Gasteiger partial charge in [-0.05, 0) is 24.6 Å². The first kappa shape index (κ1) is 8.97. The van der Waals surface area contributed by atoms with E-state index in [0.29, 0.717) is 0 Å². The highest BCUT2D eigenvalue weighted by molar-refractivity contribution is 5.60. The van der Waals surface area contributed by atoms with E-state index in [1.807, 2.05) is 37.3 Å². The average Bonchev–Trinajstić information content (AvgIpc) is 2.65. The van der Waals surface area contributed by atoms with Gasteiger partial charge in [0.25, 0.3) is 0 Å². The van der Waals surface area contributed by atoms with Crippen molar-refractivity contribution in [2.45, 2.75) is 13.5 Å². The van der Waals surface area contributed by atoms with Gasteiger partial charge in [-0.1, -0.05) is 18.2 Å². The minimum Gasteiger partial charge on any atom is -0.392 e. The van der Waals surface area contributed by atoms with Crippen LogP contribution in [0.4, 0.5) is 0 Å². The number of hydrogen-bond acceptors (Lipinski definition) is 2. The Morgan fingerprint density at radius 2 is 2.21 bits per heavy atom. The first-order chi connectivity index (χ1) is 6.79. The van der Waals surface area contributed by atoms with Crippen LogP contribution in [-0.2, 0) is 6.61 Å². The molecule has 14 heavy (non-hydrogen) atoms. The minimum atomic E-state index is 0.0667. The van der Waals surface area contributed by atoms with E-state index in [-0.39, 0.29) is 6.61 Å². The number of rotatable bonds is 2. The van der Waals surface area contributed by atoms with Crippen LogP contribution in [0, 0.1) is 6.92 Å². The van der Waals surface area contributed by atoms with Gasteiger partial charge in [-0.15, -0.1) is 0 Å². The standard InChI is InChI=1S/C11H12N2O/c1-8-5-11(13-12-8)10-4-2-3-9(6-10)7-14/h2-6,14H,7H2,1H3,(H,12,13). The van der Waals surface area contributed by atoms with Gasteiger partial charge in [-0.3, -0.25) is 5.10 Å². The van der Waals surface area contributed by atoms with Crippen molar-refractivity contribution < 1.29 is 5.11 Å². The third-order valence-electron chi connectivity index (χ3n) is 2.11. The molecule has 0 aliphatic rings. The van der Waals surface area contributed by atoms with E-state index in [1.54, 1.807) is 0 Å². The molecule has 2 aromatic rings. The molecule has 1 aromatic carbocycles. The van der Waals surface area contributed by atoms with E-state index >= 15 is 0 Å². The van der Waals surface area contributed by atoms with E-state index < -0.39 is 0 Å². The van der Waals surface area contributed by atoms with Crippen molar-refractivity contribution in [2.24, 2.45) is 0 Å². The zero-order chi connectivity index (χ0) is 9.97. The summed E-state index contributed by atoms with van der Waals surface area (Å²) >= 11 is 0. The minimum absolute atomic E-state index is 0.0667. The van der Waals surface area contributed by atoms with Crippen molar-refractivity contribution in [1.29, 1.82) is 0 Å². The predicted molar refractivity (Wildman–Crippen MR) is 54.7 cm³/mol. The lowest BCUT2D eigenvalue weighted by Crippen LogP contribution is -1.84. The summed E-state index contributed by atoms with van der Waals surface area (Å²) in [5, 5.41) is 16.0. The van der Waals surface area contributed by atoms with E-state index in [9.17, 15) is 0 Å². The molecule has 1 aromatic heterocycles. The third kappa shape index (κ3) is 1.67. The van der Waals surface area contributed by atoms with Gasteiger partial charge in [0.1, 0.15) is 0 Å². The largest absolute Gasteiger partial charge is 0.392 e. The quantitative estimate of drug-likeness (QED) is 0.756. The number of nitrogens with zero attached hydrogens (tertiary/aromatic N) is 1. The van der Waals surface area contributed by atoms with E-state index in [0.717, 1.165) is 22.5 Å². The number of hydrogen-bond donors (Lipinski definition) is 2. The zero-order valence-corrected chi connectivity index (χ0v) is 7.99. The smallest absolute Gasteiger partial charge is 0.0923 e. The van der Waals surface area contributed by atoms with Crippen LogP contribution in [0.2, 0.25) is 0 Å². The molecular weight excluding hydrogens is 176 g/mol. The fourth-order valence-electron chi connectivity index (χ4n) is 1.39. The summed E-state index contributed by atoms with van der Waals surface area (Å²) in [6.07, 6.45) is 0. The number of aliphatic hydroxyl groups is 1. The summed E-state index contributed by atoms with van der Waals surface area (Å²) < 4.78 is 0. The van der Waals surface area contributed by atoms with Gasteiger partial charge in [-0.25, -0.2) is 0 Å². The molecule has 2 rings (SSSR count). The van der Waals surface area contributed by atoms with Crippen molar-refractivity contribution in [3.8, 4) is 11.3 Å². The fraction of sp³-hybridized carbons (Fsp3) is 0.182. The monoisotopic (exact) mass is 188 g/mol. The molecule has 0 saturated carbocycles. The third-order valence-corrected chi connectivity index (χ3v) is 2.11. The Morgan fingerprint density at radius 3 is 2.86 bits per heavy atom. The SMILES string of the molecule is Cc1cc(-c2cccc(CO)c2)n[nH]1. The second-order valence-corrected chi connectivity index (χ2v) is 3.29. The molecule has 0 amide bonds. The average molecular weight is 188 g/mol. The Bertz CT molecular complexity index is 434. The molecule has 0 aliphatic carbocycles.